The van der Waals surface area contributed by atoms with Crippen molar-refractivity contribution in [2.45, 2.75) is 32.9 Å². The molecule has 2 nitrogen and oxygen atoms in total. The summed E-state index contributed by atoms with van der Waals surface area (Å²) in [5, 5.41) is 3.53. The largest absolute Gasteiger partial charge is 0.313 e. The molecular weight excluding hydrogens is 264 g/mol. The van der Waals surface area contributed by atoms with Crippen molar-refractivity contribution < 1.29 is 0 Å². The van der Waals surface area contributed by atoms with Crippen molar-refractivity contribution in [1.29, 1.82) is 0 Å². The van der Waals surface area contributed by atoms with Crippen LogP contribution in [0.3, 0.4) is 0 Å². The smallest absolute Gasteiger partial charge is 0.0381 e. The second kappa shape index (κ2) is 6.97. The summed E-state index contributed by atoms with van der Waals surface area (Å²) in [5.41, 5.74) is 1.60. The van der Waals surface area contributed by atoms with E-state index in [0.29, 0.717) is 12.1 Å². The molecule has 0 amide bonds. The van der Waals surface area contributed by atoms with Crippen LogP contribution in [0.5, 0.6) is 0 Å². The van der Waals surface area contributed by atoms with Gasteiger partial charge < -0.3 is 5.32 Å². The third-order valence-corrected chi connectivity index (χ3v) is 5.51. The molecule has 1 fully saturated rings. The van der Waals surface area contributed by atoms with Gasteiger partial charge in [-0.1, -0.05) is 44.2 Å². The highest BCUT2D eigenvalue weighted by atomic mass is 32.2. The van der Waals surface area contributed by atoms with Gasteiger partial charge in [-0.3, -0.25) is 4.90 Å². The van der Waals surface area contributed by atoms with E-state index in [4.69, 9.17) is 0 Å². The summed E-state index contributed by atoms with van der Waals surface area (Å²) in [7, 11) is 2.08. The first-order valence-electron chi connectivity index (χ1n) is 7.58. The average Bonchev–Trinajstić information content (AvgIpc) is 2.43. The Morgan fingerprint density at radius 2 is 2.05 bits per heavy atom. The van der Waals surface area contributed by atoms with Crippen LogP contribution in [-0.4, -0.2) is 42.6 Å². The van der Waals surface area contributed by atoms with Crippen molar-refractivity contribution >= 4 is 11.8 Å². The van der Waals surface area contributed by atoms with Gasteiger partial charge >= 0.3 is 0 Å². The standard InChI is InChI=1S/C17H28N2S/c1-14-12-20-11-10-19(14)13-17(2,3)16(18-4)15-8-6-5-7-9-15/h5-9,14,16,18H,10-13H2,1-4H3. The first-order valence-corrected chi connectivity index (χ1v) is 8.74. The molecule has 0 aromatic heterocycles. The van der Waals surface area contributed by atoms with Crippen LogP contribution in [0.4, 0.5) is 0 Å². The number of nitrogens with one attached hydrogen (secondary N) is 1. The maximum absolute atomic E-state index is 3.53. The second-order valence-corrected chi connectivity index (χ2v) is 7.67. The van der Waals surface area contributed by atoms with Gasteiger partial charge in [0.15, 0.2) is 0 Å². The third kappa shape index (κ3) is 3.78. The minimum atomic E-state index is 0.215. The molecule has 0 spiro atoms. The van der Waals surface area contributed by atoms with Crippen LogP contribution in [0.15, 0.2) is 30.3 Å². The van der Waals surface area contributed by atoms with E-state index in [9.17, 15) is 0 Å². The molecule has 1 aromatic carbocycles. The number of rotatable bonds is 5. The lowest BCUT2D eigenvalue weighted by Crippen LogP contribution is -2.48. The zero-order valence-electron chi connectivity index (χ0n) is 13.2. The monoisotopic (exact) mass is 292 g/mol. The highest BCUT2D eigenvalue weighted by Gasteiger charge is 2.33. The molecule has 3 heteroatoms. The molecule has 2 rings (SSSR count). The van der Waals surface area contributed by atoms with E-state index in [1.54, 1.807) is 0 Å². The summed E-state index contributed by atoms with van der Waals surface area (Å²) in [4.78, 5) is 2.66. The molecule has 112 valence electrons. The lowest BCUT2D eigenvalue weighted by molar-refractivity contribution is 0.119. The zero-order chi connectivity index (χ0) is 14.6. The van der Waals surface area contributed by atoms with Crippen LogP contribution in [-0.2, 0) is 0 Å². The van der Waals surface area contributed by atoms with Gasteiger partial charge in [-0.25, -0.2) is 0 Å². The molecular formula is C17H28N2S. The highest BCUT2D eigenvalue weighted by molar-refractivity contribution is 7.99. The Morgan fingerprint density at radius 1 is 1.35 bits per heavy atom. The van der Waals surface area contributed by atoms with Gasteiger partial charge in [-0.2, -0.15) is 11.8 Å². The molecule has 0 bridgehead atoms. The number of nitrogens with zero attached hydrogens (tertiary/aromatic N) is 1. The van der Waals surface area contributed by atoms with Crippen LogP contribution >= 0.6 is 11.8 Å². The van der Waals surface area contributed by atoms with E-state index in [1.165, 1.54) is 23.6 Å². The van der Waals surface area contributed by atoms with Gasteiger partial charge in [0.25, 0.3) is 0 Å². The average molecular weight is 292 g/mol. The van der Waals surface area contributed by atoms with Crippen LogP contribution < -0.4 is 5.32 Å². The molecule has 1 N–H and O–H groups in total. The Kier molecular flexibility index (Phi) is 5.53. The molecule has 1 aliphatic rings. The van der Waals surface area contributed by atoms with Gasteiger partial charge in [0.05, 0.1) is 0 Å². The molecule has 0 aliphatic carbocycles. The molecule has 2 unspecified atom stereocenters. The quantitative estimate of drug-likeness (QED) is 0.895. The van der Waals surface area contributed by atoms with Crippen LogP contribution in [0.1, 0.15) is 32.4 Å². The SMILES string of the molecule is CNC(c1ccccc1)C(C)(C)CN1CCSCC1C. The van der Waals surface area contributed by atoms with E-state index in [0.717, 1.165) is 6.54 Å². The second-order valence-electron chi connectivity index (χ2n) is 6.52. The molecule has 1 aliphatic heterocycles. The van der Waals surface area contributed by atoms with Crippen LogP contribution in [0.2, 0.25) is 0 Å². The van der Waals surface area contributed by atoms with Crippen molar-refractivity contribution in [1.82, 2.24) is 10.2 Å². The summed E-state index contributed by atoms with van der Waals surface area (Å²) >= 11 is 2.09. The number of hydrogen-bond acceptors (Lipinski definition) is 3. The minimum absolute atomic E-state index is 0.215. The van der Waals surface area contributed by atoms with E-state index < -0.39 is 0 Å². The number of hydrogen-bond donors (Lipinski definition) is 1. The van der Waals surface area contributed by atoms with Crippen molar-refractivity contribution in [2.75, 3.05) is 31.6 Å². The van der Waals surface area contributed by atoms with E-state index in [2.05, 4.69) is 80.1 Å². The lowest BCUT2D eigenvalue weighted by Gasteiger charge is -2.42. The van der Waals surface area contributed by atoms with Gasteiger partial charge in [0.2, 0.25) is 0 Å². The molecule has 20 heavy (non-hydrogen) atoms. The van der Waals surface area contributed by atoms with Crippen molar-refractivity contribution in [3.63, 3.8) is 0 Å². The fourth-order valence-electron chi connectivity index (χ4n) is 3.27. The molecule has 1 saturated heterocycles. The van der Waals surface area contributed by atoms with Crippen LogP contribution in [0.25, 0.3) is 0 Å². The molecule has 1 heterocycles. The van der Waals surface area contributed by atoms with E-state index in [1.807, 2.05) is 0 Å². The maximum Gasteiger partial charge on any atom is 0.0381 e. The molecule has 0 saturated carbocycles. The van der Waals surface area contributed by atoms with Gasteiger partial charge in [-0.05, 0) is 24.9 Å². The Labute approximate surface area is 128 Å². The molecule has 0 radical (unpaired) electrons. The van der Waals surface area contributed by atoms with E-state index >= 15 is 0 Å². The Bertz CT molecular complexity index is 405. The van der Waals surface area contributed by atoms with Gasteiger partial charge in [-0.15, -0.1) is 0 Å². The van der Waals surface area contributed by atoms with Crippen molar-refractivity contribution in [3.8, 4) is 0 Å². The minimum Gasteiger partial charge on any atom is -0.313 e. The summed E-state index contributed by atoms with van der Waals surface area (Å²) in [6.45, 7) is 9.50. The number of thioether (sulfide) groups is 1. The maximum atomic E-state index is 3.53. The summed E-state index contributed by atoms with van der Waals surface area (Å²) in [5.74, 6) is 2.54. The van der Waals surface area contributed by atoms with Crippen LogP contribution in [0, 0.1) is 5.41 Å². The first-order chi connectivity index (χ1) is 9.54. The van der Waals surface area contributed by atoms with Gasteiger partial charge in [0.1, 0.15) is 0 Å². The predicted octanol–water partition coefficient (Wildman–Crippen LogP) is 3.41. The summed E-state index contributed by atoms with van der Waals surface area (Å²) in [6.07, 6.45) is 0. The van der Waals surface area contributed by atoms with E-state index in [-0.39, 0.29) is 5.41 Å². The first kappa shape index (κ1) is 15.9. The zero-order valence-corrected chi connectivity index (χ0v) is 14.0. The normalized spacial score (nSPS) is 22.7. The summed E-state index contributed by atoms with van der Waals surface area (Å²) < 4.78 is 0. The van der Waals surface area contributed by atoms with Gasteiger partial charge in [0, 0.05) is 36.7 Å². The Morgan fingerprint density at radius 3 is 2.65 bits per heavy atom. The fourth-order valence-corrected chi connectivity index (χ4v) is 4.35. The lowest BCUT2D eigenvalue weighted by atomic mass is 9.79. The fraction of sp³-hybridized carbons (Fsp3) is 0.647. The predicted molar refractivity (Wildman–Crippen MR) is 90.4 cm³/mol. The Balaban J connectivity index is 2.10. The topological polar surface area (TPSA) is 15.3 Å². The van der Waals surface area contributed by atoms with Crippen molar-refractivity contribution in [3.05, 3.63) is 35.9 Å². The third-order valence-electron chi connectivity index (χ3n) is 4.32. The highest BCUT2D eigenvalue weighted by Crippen LogP contribution is 2.35. The molecule has 1 aromatic rings. The Hall–Kier alpha value is -0.510. The number of benzene rings is 1. The van der Waals surface area contributed by atoms with Crippen molar-refractivity contribution in [2.24, 2.45) is 5.41 Å². The summed E-state index contributed by atoms with van der Waals surface area (Å²) in [6, 6.07) is 11.9. The molecule has 2 atom stereocenters.